The molecule has 1 aliphatic rings. The van der Waals surface area contributed by atoms with Crippen molar-refractivity contribution in [2.24, 2.45) is 0 Å². The van der Waals surface area contributed by atoms with Crippen LogP contribution in [0.4, 0.5) is 4.39 Å². The predicted octanol–water partition coefficient (Wildman–Crippen LogP) is 2.15. The second-order valence-corrected chi connectivity index (χ2v) is 5.73. The number of piperazine rings is 1. The van der Waals surface area contributed by atoms with Crippen LogP contribution in [0.15, 0.2) is 18.2 Å². The summed E-state index contributed by atoms with van der Waals surface area (Å²) in [6.07, 6.45) is 0.447. The molecular weight excluding hydrogens is 328 g/mol. The first-order valence-electron chi connectivity index (χ1n) is 7.18. The second-order valence-electron chi connectivity index (χ2n) is 5.32. The van der Waals surface area contributed by atoms with E-state index in [-0.39, 0.29) is 24.1 Å². The molecule has 1 aromatic carbocycles. The molecule has 1 aliphatic heterocycles. The number of carbonyl (C=O) groups is 1. The fraction of sp³-hybridized carbons (Fsp3) is 0.533. The van der Waals surface area contributed by atoms with Crippen LogP contribution in [0.2, 0.25) is 5.02 Å². The van der Waals surface area contributed by atoms with Crippen LogP contribution in [-0.4, -0.2) is 55.5 Å². The lowest BCUT2D eigenvalue weighted by Gasteiger charge is -2.28. The van der Waals surface area contributed by atoms with Crippen LogP contribution in [0.3, 0.4) is 0 Å². The van der Waals surface area contributed by atoms with Crippen LogP contribution in [0.1, 0.15) is 12.0 Å². The molecule has 0 unspecified atom stereocenters. The zero-order valence-corrected chi connectivity index (χ0v) is 14.2. The van der Waals surface area contributed by atoms with Crippen molar-refractivity contribution in [3.63, 3.8) is 0 Å². The fourth-order valence-corrected chi connectivity index (χ4v) is 2.61. The first-order valence-corrected chi connectivity index (χ1v) is 7.55. The van der Waals surface area contributed by atoms with Gasteiger partial charge in [0.25, 0.3) is 0 Å². The van der Waals surface area contributed by atoms with E-state index in [0.29, 0.717) is 30.1 Å². The van der Waals surface area contributed by atoms with Crippen molar-refractivity contribution in [2.45, 2.75) is 13.0 Å². The first-order chi connectivity index (χ1) is 10.1. The minimum absolute atomic E-state index is 0. The summed E-state index contributed by atoms with van der Waals surface area (Å²) in [7, 11) is 1.87. The Hall–Kier alpha value is -0.880. The highest BCUT2D eigenvalue weighted by atomic mass is 35.5. The van der Waals surface area contributed by atoms with Crippen molar-refractivity contribution < 1.29 is 9.18 Å². The number of halogens is 3. The number of amides is 1. The number of hydrogen-bond donors (Lipinski definition) is 1. The summed E-state index contributed by atoms with van der Waals surface area (Å²) in [4.78, 5) is 15.9. The molecule has 0 saturated carbocycles. The van der Waals surface area contributed by atoms with Gasteiger partial charge in [-0.3, -0.25) is 4.79 Å². The van der Waals surface area contributed by atoms with Crippen molar-refractivity contribution >= 4 is 29.9 Å². The Balaban J connectivity index is 0.00000242. The maximum atomic E-state index is 13.7. The fourth-order valence-electron chi connectivity index (χ4n) is 2.39. The largest absolute Gasteiger partial charge is 0.340 e. The lowest BCUT2D eigenvalue weighted by Crippen LogP contribution is -2.47. The molecule has 1 fully saturated rings. The molecule has 1 heterocycles. The summed E-state index contributed by atoms with van der Waals surface area (Å²) in [5.74, 6) is -0.147. The molecule has 2 rings (SSSR count). The van der Waals surface area contributed by atoms with Crippen LogP contribution < -0.4 is 5.32 Å². The molecule has 22 heavy (non-hydrogen) atoms. The van der Waals surface area contributed by atoms with E-state index in [1.54, 1.807) is 12.1 Å². The lowest BCUT2D eigenvalue weighted by atomic mass is 10.2. The number of nitrogens with zero attached hydrogens (tertiary/aromatic N) is 2. The van der Waals surface area contributed by atoms with Crippen molar-refractivity contribution in [3.05, 3.63) is 34.6 Å². The lowest BCUT2D eigenvalue weighted by molar-refractivity contribution is -0.132. The third-order valence-electron chi connectivity index (χ3n) is 3.67. The van der Waals surface area contributed by atoms with Crippen LogP contribution >= 0.6 is 24.0 Å². The van der Waals surface area contributed by atoms with Crippen molar-refractivity contribution in [1.82, 2.24) is 15.1 Å². The molecule has 0 aliphatic carbocycles. The summed E-state index contributed by atoms with van der Waals surface area (Å²) < 4.78 is 13.7. The van der Waals surface area contributed by atoms with E-state index in [0.717, 1.165) is 26.2 Å². The van der Waals surface area contributed by atoms with Gasteiger partial charge in [0.05, 0.1) is 0 Å². The monoisotopic (exact) mass is 349 g/mol. The number of rotatable bonds is 5. The van der Waals surface area contributed by atoms with E-state index in [4.69, 9.17) is 11.6 Å². The maximum absolute atomic E-state index is 13.7. The molecule has 0 radical (unpaired) electrons. The van der Waals surface area contributed by atoms with Crippen molar-refractivity contribution in [1.29, 1.82) is 0 Å². The molecule has 0 aromatic heterocycles. The van der Waals surface area contributed by atoms with Crippen LogP contribution in [-0.2, 0) is 11.3 Å². The smallest absolute Gasteiger partial charge is 0.223 e. The molecule has 124 valence electrons. The molecule has 0 bridgehead atoms. The van der Waals surface area contributed by atoms with E-state index in [1.807, 2.05) is 16.8 Å². The molecule has 1 amide bonds. The highest BCUT2D eigenvalue weighted by molar-refractivity contribution is 6.31. The number of carbonyl (C=O) groups excluding carboxylic acids is 1. The van der Waals surface area contributed by atoms with E-state index in [9.17, 15) is 9.18 Å². The summed E-state index contributed by atoms with van der Waals surface area (Å²) in [6, 6.07) is 4.68. The van der Waals surface area contributed by atoms with E-state index in [2.05, 4.69) is 5.32 Å². The Labute approximate surface area is 142 Å². The molecule has 1 saturated heterocycles. The number of hydrogen-bond acceptors (Lipinski definition) is 3. The van der Waals surface area contributed by atoms with Crippen LogP contribution in [0, 0.1) is 5.82 Å². The highest BCUT2D eigenvalue weighted by Gasteiger charge is 2.17. The van der Waals surface area contributed by atoms with Gasteiger partial charge in [-0.15, -0.1) is 12.4 Å². The Bertz CT molecular complexity index is 475. The van der Waals surface area contributed by atoms with E-state index in [1.165, 1.54) is 6.07 Å². The SMILES string of the molecule is CN(CCC(=O)N1CCNCC1)Cc1c(F)cccc1Cl.Cl. The summed E-state index contributed by atoms with van der Waals surface area (Å²) in [6.45, 7) is 4.23. The minimum atomic E-state index is -0.303. The highest BCUT2D eigenvalue weighted by Crippen LogP contribution is 2.20. The Morgan fingerprint density at radius 1 is 1.41 bits per heavy atom. The average Bonchev–Trinajstić information content (AvgIpc) is 2.49. The van der Waals surface area contributed by atoms with Gasteiger partial charge >= 0.3 is 0 Å². The molecule has 0 atom stereocenters. The van der Waals surface area contributed by atoms with Gasteiger partial charge in [-0.25, -0.2) is 4.39 Å². The summed E-state index contributed by atoms with van der Waals surface area (Å²) in [5, 5.41) is 3.65. The van der Waals surface area contributed by atoms with Crippen molar-refractivity contribution in [3.8, 4) is 0 Å². The van der Waals surface area contributed by atoms with Gasteiger partial charge in [-0.1, -0.05) is 17.7 Å². The van der Waals surface area contributed by atoms with Crippen LogP contribution in [0.5, 0.6) is 0 Å². The average molecular weight is 350 g/mol. The molecule has 4 nitrogen and oxygen atoms in total. The minimum Gasteiger partial charge on any atom is -0.340 e. The topological polar surface area (TPSA) is 35.6 Å². The third-order valence-corrected chi connectivity index (χ3v) is 4.02. The Morgan fingerprint density at radius 2 is 2.09 bits per heavy atom. The molecule has 0 spiro atoms. The first kappa shape index (κ1) is 19.2. The van der Waals surface area contributed by atoms with Gasteiger partial charge in [0, 0.05) is 56.3 Å². The Kier molecular flexibility index (Phi) is 8.10. The molecular formula is C15H22Cl2FN3O. The standard InChI is InChI=1S/C15H21ClFN3O.ClH/c1-19(11-12-13(16)3-2-4-14(12)17)8-5-15(21)20-9-6-18-7-10-20;/h2-4,18H,5-11H2,1H3;1H. The quantitative estimate of drug-likeness (QED) is 0.884. The van der Waals surface area contributed by atoms with Gasteiger partial charge in [-0.2, -0.15) is 0 Å². The van der Waals surface area contributed by atoms with Gasteiger partial charge in [0.2, 0.25) is 5.91 Å². The number of benzene rings is 1. The maximum Gasteiger partial charge on any atom is 0.223 e. The van der Waals surface area contributed by atoms with Crippen LogP contribution in [0.25, 0.3) is 0 Å². The summed E-state index contributed by atoms with van der Waals surface area (Å²) >= 11 is 6.01. The van der Waals surface area contributed by atoms with Gasteiger partial charge in [0.1, 0.15) is 5.82 Å². The zero-order valence-electron chi connectivity index (χ0n) is 12.6. The van der Waals surface area contributed by atoms with E-state index < -0.39 is 0 Å². The second kappa shape index (κ2) is 9.30. The van der Waals surface area contributed by atoms with Gasteiger partial charge < -0.3 is 15.1 Å². The third kappa shape index (κ3) is 5.39. The van der Waals surface area contributed by atoms with E-state index >= 15 is 0 Å². The normalized spacial score (nSPS) is 14.8. The van der Waals surface area contributed by atoms with Crippen molar-refractivity contribution in [2.75, 3.05) is 39.8 Å². The zero-order chi connectivity index (χ0) is 15.2. The van der Waals surface area contributed by atoms with Gasteiger partial charge in [0.15, 0.2) is 0 Å². The molecule has 1 N–H and O–H groups in total. The Morgan fingerprint density at radius 3 is 2.73 bits per heavy atom. The predicted molar refractivity (Wildman–Crippen MR) is 89.1 cm³/mol. The molecule has 1 aromatic rings. The molecule has 7 heteroatoms. The summed E-state index contributed by atoms with van der Waals surface area (Å²) in [5.41, 5.74) is 0.483. The van der Waals surface area contributed by atoms with Gasteiger partial charge in [-0.05, 0) is 19.2 Å². The number of nitrogens with one attached hydrogen (secondary N) is 1.